The van der Waals surface area contributed by atoms with Crippen molar-refractivity contribution in [3.8, 4) is 0 Å². The maximum Gasteiger partial charge on any atom is -0.0415 e. The lowest BCUT2D eigenvalue weighted by molar-refractivity contribution is 0.303. The highest BCUT2D eigenvalue weighted by molar-refractivity contribution is 4.63. The summed E-state index contributed by atoms with van der Waals surface area (Å²) in [5, 5.41) is 0. The molecule has 0 aromatic rings. The zero-order valence-corrected chi connectivity index (χ0v) is 8.85. The smallest absolute Gasteiger partial charge is 0.0415 e. The van der Waals surface area contributed by atoms with Crippen LogP contribution in [0.25, 0.3) is 0 Å². The first kappa shape index (κ1) is 11.0. The summed E-state index contributed by atoms with van der Waals surface area (Å²) >= 11 is 0. The lowest BCUT2D eigenvalue weighted by Crippen LogP contribution is -2.10. The van der Waals surface area contributed by atoms with Crippen molar-refractivity contribution in [2.45, 2.75) is 53.9 Å². The van der Waals surface area contributed by atoms with Crippen LogP contribution in [0, 0.1) is 17.8 Å². The largest absolute Gasteiger partial charge is 0.0651 e. The molecule has 0 nitrogen and oxygen atoms in total. The van der Waals surface area contributed by atoms with Gasteiger partial charge in [-0.05, 0) is 24.2 Å². The van der Waals surface area contributed by atoms with Gasteiger partial charge in [0.25, 0.3) is 0 Å². The second-order valence-electron chi connectivity index (χ2n) is 4.11. The van der Waals surface area contributed by atoms with Crippen molar-refractivity contribution in [1.82, 2.24) is 0 Å². The van der Waals surface area contributed by atoms with Crippen molar-refractivity contribution in [1.29, 1.82) is 0 Å². The third-order valence-corrected chi connectivity index (χ3v) is 3.09. The SMILES string of the molecule is CC[C@@H](C)C[C@@H](C)[C@H](C)CC. The summed E-state index contributed by atoms with van der Waals surface area (Å²) in [4.78, 5) is 0. The molecule has 0 saturated carbocycles. The highest BCUT2D eigenvalue weighted by atomic mass is 14.2. The third-order valence-electron chi connectivity index (χ3n) is 3.09. The Labute approximate surface area is 72.4 Å². The van der Waals surface area contributed by atoms with Gasteiger partial charge in [0.1, 0.15) is 0 Å². The first-order valence-corrected chi connectivity index (χ1v) is 5.11. The van der Waals surface area contributed by atoms with E-state index in [4.69, 9.17) is 0 Å². The second-order valence-corrected chi connectivity index (χ2v) is 4.11. The van der Waals surface area contributed by atoms with E-state index in [2.05, 4.69) is 34.6 Å². The summed E-state index contributed by atoms with van der Waals surface area (Å²) in [5.74, 6) is 2.73. The van der Waals surface area contributed by atoms with Gasteiger partial charge in [0.2, 0.25) is 0 Å². The molecule has 0 aromatic heterocycles. The van der Waals surface area contributed by atoms with Crippen LogP contribution in [0.2, 0.25) is 0 Å². The van der Waals surface area contributed by atoms with Gasteiger partial charge in [0.15, 0.2) is 0 Å². The summed E-state index contributed by atoms with van der Waals surface area (Å²) in [6.45, 7) is 11.7. The third kappa shape index (κ3) is 4.44. The van der Waals surface area contributed by atoms with Crippen LogP contribution in [0.5, 0.6) is 0 Å². The number of hydrogen-bond acceptors (Lipinski definition) is 0. The van der Waals surface area contributed by atoms with Crippen molar-refractivity contribution >= 4 is 0 Å². The van der Waals surface area contributed by atoms with Crippen LogP contribution in [-0.4, -0.2) is 0 Å². The van der Waals surface area contributed by atoms with Crippen LogP contribution in [0.15, 0.2) is 0 Å². The van der Waals surface area contributed by atoms with Crippen molar-refractivity contribution < 1.29 is 0 Å². The maximum absolute atomic E-state index is 2.39. The van der Waals surface area contributed by atoms with E-state index in [0.717, 1.165) is 17.8 Å². The summed E-state index contributed by atoms with van der Waals surface area (Å²) < 4.78 is 0. The first-order chi connectivity index (χ1) is 5.11. The number of rotatable bonds is 5. The van der Waals surface area contributed by atoms with Crippen LogP contribution < -0.4 is 0 Å². The fourth-order valence-corrected chi connectivity index (χ4v) is 1.44. The Hall–Kier alpha value is 0. The minimum absolute atomic E-state index is 0.906. The van der Waals surface area contributed by atoms with E-state index < -0.39 is 0 Å². The van der Waals surface area contributed by atoms with Crippen LogP contribution in [0.1, 0.15) is 53.9 Å². The predicted molar refractivity (Wildman–Crippen MR) is 52.7 cm³/mol. The minimum atomic E-state index is 0.906. The van der Waals surface area contributed by atoms with E-state index in [1.807, 2.05) is 0 Å². The van der Waals surface area contributed by atoms with Gasteiger partial charge in [-0.15, -0.1) is 0 Å². The molecule has 0 heterocycles. The standard InChI is InChI=1S/C11H24/c1-6-9(3)8-11(5)10(4)7-2/h9-11H,6-8H2,1-5H3/t9-,10-,11-/m1/s1. The van der Waals surface area contributed by atoms with Gasteiger partial charge in [0.05, 0.1) is 0 Å². The van der Waals surface area contributed by atoms with Crippen LogP contribution in [-0.2, 0) is 0 Å². The monoisotopic (exact) mass is 156 g/mol. The fourth-order valence-electron chi connectivity index (χ4n) is 1.44. The van der Waals surface area contributed by atoms with Crippen LogP contribution in [0.4, 0.5) is 0 Å². The Kier molecular flexibility index (Phi) is 5.62. The molecule has 0 aliphatic heterocycles. The van der Waals surface area contributed by atoms with E-state index in [0.29, 0.717) is 0 Å². The Morgan fingerprint density at radius 2 is 1.36 bits per heavy atom. The van der Waals surface area contributed by atoms with Crippen molar-refractivity contribution in [2.75, 3.05) is 0 Å². The summed E-state index contributed by atoms with van der Waals surface area (Å²) in [6.07, 6.45) is 4.07. The molecule has 0 fully saturated rings. The Balaban J connectivity index is 3.58. The van der Waals surface area contributed by atoms with Gasteiger partial charge in [0, 0.05) is 0 Å². The zero-order valence-electron chi connectivity index (χ0n) is 8.85. The van der Waals surface area contributed by atoms with Gasteiger partial charge in [-0.2, -0.15) is 0 Å². The van der Waals surface area contributed by atoms with Gasteiger partial charge >= 0.3 is 0 Å². The van der Waals surface area contributed by atoms with E-state index in [9.17, 15) is 0 Å². The number of hydrogen-bond donors (Lipinski definition) is 0. The van der Waals surface area contributed by atoms with Gasteiger partial charge in [-0.3, -0.25) is 0 Å². The van der Waals surface area contributed by atoms with E-state index in [1.165, 1.54) is 19.3 Å². The average Bonchev–Trinajstić information content (AvgIpc) is 2.02. The molecule has 0 aromatic carbocycles. The Morgan fingerprint density at radius 1 is 0.818 bits per heavy atom. The molecule has 68 valence electrons. The van der Waals surface area contributed by atoms with Gasteiger partial charge in [-0.25, -0.2) is 0 Å². The second kappa shape index (κ2) is 5.62. The highest BCUT2D eigenvalue weighted by Gasteiger charge is 2.12. The zero-order chi connectivity index (χ0) is 8.85. The topological polar surface area (TPSA) is 0 Å². The van der Waals surface area contributed by atoms with Crippen molar-refractivity contribution in [3.05, 3.63) is 0 Å². The molecule has 0 heteroatoms. The molecule has 0 N–H and O–H groups in total. The predicted octanol–water partition coefficient (Wildman–Crippen LogP) is 4.10. The molecule has 11 heavy (non-hydrogen) atoms. The van der Waals surface area contributed by atoms with E-state index in [-0.39, 0.29) is 0 Å². The average molecular weight is 156 g/mol. The molecule has 0 rings (SSSR count). The molecule has 0 unspecified atom stereocenters. The molecule has 0 bridgehead atoms. The summed E-state index contributed by atoms with van der Waals surface area (Å²) in [7, 11) is 0. The molecule has 0 aliphatic carbocycles. The Bertz CT molecular complexity index is 86.0. The van der Waals surface area contributed by atoms with Crippen LogP contribution in [0.3, 0.4) is 0 Å². The van der Waals surface area contributed by atoms with Gasteiger partial charge in [-0.1, -0.05) is 47.5 Å². The molecular formula is C11H24. The molecule has 0 radical (unpaired) electrons. The van der Waals surface area contributed by atoms with Gasteiger partial charge < -0.3 is 0 Å². The van der Waals surface area contributed by atoms with E-state index in [1.54, 1.807) is 0 Å². The molecule has 3 atom stereocenters. The molecule has 0 amide bonds. The van der Waals surface area contributed by atoms with E-state index >= 15 is 0 Å². The molecular weight excluding hydrogens is 132 g/mol. The summed E-state index contributed by atoms with van der Waals surface area (Å²) in [6, 6.07) is 0. The van der Waals surface area contributed by atoms with Crippen molar-refractivity contribution in [3.63, 3.8) is 0 Å². The van der Waals surface area contributed by atoms with Crippen molar-refractivity contribution in [2.24, 2.45) is 17.8 Å². The normalized spacial score (nSPS) is 19.4. The minimum Gasteiger partial charge on any atom is -0.0651 e. The molecule has 0 aliphatic rings. The Morgan fingerprint density at radius 3 is 1.73 bits per heavy atom. The van der Waals surface area contributed by atoms with Crippen LogP contribution >= 0.6 is 0 Å². The summed E-state index contributed by atoms with van der Waals surface area (Å²) in [5.41, 5.74) is 0. The molecule has 0 saturated heterocycles. The highest BCUT2D eigenvalue weighted by Crippen LogP contribution is 2.23. The fraction of sp³-hybridized carbons (Fsp3) is 1.00. The lowest BCUT2D eigenvalue weighted by Gasteiger charge is -2.21. The quantitative estimate of drug-likeness (QED) is 0.562. The maximum atomic E-state index is 2.39. The lowest BCUT2D eigenvalue weighted by atomic mass is 9.85. The first-order valence-electron chi connectivity index (χ1n) is 5.11. The molecule has 0 spiro atoms.